The van der Waals surface area contributed by atoms with Crippen molar-refractivity contribution in [2.75, 3.05) is 13.1 Å². The molecule has 0 aromatic carbocycles. The molecule has 1 aliphatic heterocycles. The summed E-state index contributed by atoms with van der Waals surface area (Å²) in [7, 11) is -1.80. The second-order valence-electron chi connectivity index (χ2n) is 6.12. The molecule has 126 valence electrons. The molecule has 9 heteroatoms. The lowest BCUT2D eigenvalue weighted by Gasteiger charge is -2.31. The molecule has 4 heterocycles. The molecule has 0 spiro atoms. The largest absolute Gasteiger partial charge is 0.339 e. The summed E-state index contributed by atoms with van der Waals surface area (Å²) in [5, 5.41) is 7.89. The first-order chi connectivity index (χ1) is 11.5. The van der Waals surface area contributed by atoms with Gasteiger partial charge in [0.15, 0.2) is 10.7 Å². The third-order valence-corrected chi connectivity index (χ3v) is 6.16. The van der Waals surface area contributed by atoms with Gasteiger partial charge in [0.2, 0.25) is 0 Å². The van der Waals surface area contributed by atoms with Crippen LogP contribution in [0, 0.1) is 0 Å². The number of H-pyrrole nitrogens is 1. The molecule has 1 saturated heterocycles. The summed E-state index contributed by atoms with van der Waals surface area (Å²) in [6.07, 6.45) is 6.49. The molecule has 1 aliphatic rings. The highest BCUT2D eigenvalue weighted by molar-refractivity contribution is 7.89. The van der Waals surface area contributed by atoms with Crippen LogP contribution in [0.2, 0.25) is 0 Å². The molecule has 3 aromatic heterocycles. The number of pyridine rings is 1. The van der Waals surface area contributed by atoms with Gasteiger partial charge in [-0.15, -0.1) is 0 Å². The van der Waals surface area contributed by atoms with E-state index in [9.17, 15) is 8.42 Å². The van der Waals surface area contributed by atoms with E-state index in [1.54, 1.807) is 17.8 Å². The van der Waals surface area contributed by atoms with Crippen molar-refractivity contribution in [1.29, 1.82) is 0 Å². The Balaban J connectivity index is 1.61. The van der Waals surface area contributed by atoms with Crippen LogP contribution in [-0.2, 0) is 17.1 Å². The molecule has 1 atom stereocenters. The summed E-state index contributed by atoms with van der Waals surface area (Å²) in [6.45, 7) is 0.938. The summed E-state index contributed by atoms with van der Waals surface area (Å²) >= 11 is 0. The molecule has 1 N–H and O–H groups in total. The highest BCUT2D eigenvalue weighted by Crippen LogP contribution is 2.29. The van der Waals surface area contributed by atoms with Crippen LogP contribution in [0.1, 0.15) is 24.5 Å². The average Bonchev–Trinajstić information content (AvgIpc) is 3.23. The van der Waals surface area contributed by atoms with Crippen molar-refractivity contribution in [2.24, 2.45) is 7.05 Å². The number of imidazole rings is 1. The van der Waals surface area contributed by atoms with Crippen LogP contribution in [0.15, 0.2) is 35.9 Å². The van der Waals surface area contributed by atoms with Crippen LogP contribution in [-0.4, -0.2) is 50.5 Å². The molecular formula is C15H18N6O2S. The van der Waals surface area contributed by atoms with Gasteiger partial charge in [0, 0.05) is 43.3 Å². The zero-order valence-electron chi connectivity index (χ0n) is 13.3. The molecule has 1 fully saturated rings. The van der Waals surface area contributed by atoms with Gasteiger partial charge in [-0.3, -0.25) is 5.10 Å². The van der Waals surface area contributed by atoms with E-state index in [1.165, 1.54) is 16.8 Å². The molecule has 8 nitrogen and oxygen atoms in total. The van der Waals surface area contributed by atoms with Gasteiger partial charge in [-0.05, 0) is 25.0 Å². The lowest BCUT2D eigenvalue weighted by molar-refractivity contribution is 0.312. The topological polar surface area (TPSA) is 96.8 Å². The second-order valence-corrected chi connectivity index (χ2v) is 8.01. The van der Waals surface area contributed by atoms with E-state index in [-0.39, 0.29) is 10.9 Å². The number of aryl methyl sites for hydroxylation is 1. The number of hydrogen-bond donors (Lipinski definition) is 1. The summed E-state index contributed by atoms with van der Waals surface area (Å²) in [4.78, 5) is 8.59. The number of hydrogen-bond acceptors (Lipinski definition) is 5. The van der Waals surface area contributed by atoms with Crippen molar-refractivity contribution in [3.05, 3.63) is 36.5 Å². The lowest BCUT2D eigenvalue weighted by atomic mass is 9.95. The fraction of sp³-hybridized carbons (Fsp3) is 0.400. The summed E-state index contributed by atoms with van der Waals surface area (Å²) < 4.78 is 28.7. The smallest absolute Gasteiger partial charge is 0.262 e. The zero-order valence-corrected chi connectivity index (χ0v) is 14.1. The third kappa shape index (κ3) is 2.59. The molecule has 24 heavy (non-hydrogen) atoms. The van der Waals surface area contributed by atoms with E-state index in [1.807, 2.05) is 12.1 Å². The summed E-state index contributed by atoms with van der Waals surface area (Å²) in [5.74, 6) is 0.0740. The average molecular weight is 346 g/mol. The number of fused-ring (bicyclic) bond motifs is 1. The summed E-state index contributed by atoms with van der Waals surface area (Å²) in [5.41, 5.74) is 1.63. The van der Waals surface area contributed by atoms with Gasteiger partial charge in [0.1, 0.15) is 0 Å². The zero-order chi connectivity index (χ0) is 16.7. The molecule has 0 aliphatic carbocycles. The maximum absolute atomic E-state index is 12.8. The van der Waals surface area contributed by atoms with Crippen molar-refractivity contribution in [3.63, 3.8) is 0 Å². The van der Waals surface area contributed by atoms with Gasteiger partial charge in [-0.25, -0.2) is 18.4 Å². The van der Waals surface area contributed by atoms with E-state index in [2.05, 4.69) is 20.2 Å². The number of aromatic amines is 1. The quantitative estimate of drug-likeness (QED) is 0.770. The van der Waals surface area contributed by atoms with Crippen molar-refractivity contribution in [2.45, 2.75) is 23.8 Å². The molecule has 0 unspecified atom stereocenters. The van der Waals surface area contributed by atoms with Gasteiger partial charge in [0.25, 0.3) is 10.0 Å². The fourth-order valence-corrected chi connectivity index (χ4v) is 4.62. The predicted molar refractivity (Wildman–Crippen MR) is 87.8 cm³/mol. The van der Waals surface area contributed by atoms with E-state index < -0.39 is 10.0 Å². The Morgan fingerprint density at radius 1 is 1.33 bits per heavy atom. The monoisotopic (exact) mass is 346 g/mol. The minimum atomic E-state index is -3.56. The van der Waals surface area contributed by atoms with E-state index >= 15 is 0 Å². The fourth-order valence-electron chi connectivity index (χ4n) is 3.13. The van der Waals surface area contributed by atoms with Crippen molar-refractivity contribution in [3.8, 4) is 0 Å². The Morgan fingerprint density at radius 2 is 2.21 bits per heavy atom. The highest BCUT2D eigenvalue weighted by atomic mass is 32.2. The highest BCUT2D eigenvalue weighted by Gasteiger charge is 2.32. The van der Waals surface area contributed by atoms with Crippen molar-refractivity contribution in [1.82, 2.24) is 29.0 Å². The SMILES string of the molecule is Cn1cnc(S(=O)(=O)N2CCC[C@H](c3ccc4cn[nH]c4n3)C2)c1. The lowest BCUT2D eigenvalue weighted by Crippen LogP contribution is -2.39. The molecule has 0 saturated carbocycles. The standard InChI is InChI=1S/C15H18N6O2S/c1-20-9-14(16-10-20)24(22,23)21-6-2-3-12(8-21)13-5-4-11-7-17-19-15(11)18-13/h4-5,7,9-10,12H,2-3,6,8H2,1H3,(H,17,18,19)/t12-/m0/s1. The van der Waals surface area contributed by atoms with E-state index in [0.717, 1.165) is 29.6 Å². The molecule has 4 rings (SSSR count). The number of piperidine rings is 1. The third-order valence-electron chi connectivity index (χ3n) is 4.41. The molecule has 0 amide bonds. The number of rotatable bonds is 3. The van der Waals surface area contributed by atoms with Crippen molar-refractivity contribution >= 4 is 21.1 Å². The molecule has 0 radical (unpaired) electrons. The van der Waals surface area contributed by atoms with Gasteiger partial charge < -0.3 is 4.57 Å². The predicted octanol–water partition coefficient (Wildman–Crippen LogP) is 1.26. The number of nitrogens with zero attached hydrogens (tertiary/aromatic N) is 5. The van der Waals surface area contributed by atoms with Gasteiger partial charge >= 0.3 is 0 Å². The van der Waals surface area contributed by atoms with Crippen LogP contribution < -0.4 is 0 Å². The van der Waals surface area contributed by atoms with Crippen LogP contribution in [0.25, 0.3) is 11.0 Å². The Labute approximate surface area is 139 Å². The van der Waals surface area contributed by atoms with Gasteiger partial charge in [0.05, 0.1) is 12.5 Å². The van der Waals surface area contributed by atoms with E-state index in [4.69, 9.17) is 0 Å². The van der Waals surface area contributed by atoms with Gasteiger partial charge in [-0.2, -0.15) is 9.40 Å². The Kier molecular flexibility index (Phi) is 3.61. The second kappa shape index (κ2) is 5.67. The van der Waals surface area contributed by atoms with Crippen LogP contribution >= 0.6 is 0 Å². The van der Waals surface area contributed by atoms with Crippen LogP contribution in [0.5, 0.6) is 0 Å². The maximum Gasteiger partial charge on any atom is 0.262 e. The van der Waals surface area contributed by atoms with E-state index in [0.29, 0.717) is 13.1 Å². The Hall–Kier alpha value is -2.26. The minimum absolute atomic E-state index is 0.0740. The van der Waals surface area contributed by atoms with Crippen LogP contribution in [0.3, 0.4) is 0 Å². The van der Waals surface area contributed by atoms with Crippen molar-refractivity contribution < 1.29 is 8.42 Å². The Bertz CT molecular complexity index is 977. The molecule has 3 aromatic rings. The summed E-state index contributed by atoms with van der Waals surface area (Å²) in [6, 6.07) is 3.92. The normalized spacial score (nSPS) is 19.8. The van der Waals surface area contributed by atoms with Crippen LogP contribution in [0.4, 0.5) is 0 Å². The van der Waals surface area contributed by atoms with Gasteiger partial charge in [-0.1, -0.05) is 0 Å². The molecule has 0 bridgehead atoms. The number of nitrogens with one attached hydrogen (secondary N) is 1. The number of sulfonamides is 1. The minimum Gasteiger partial charge on any atom is -0.339 e. The first-order valence-electron chi connectivity index (χ1n) is 7.82. The molecular weight excluding hydrogens is 328 g/mol. The Morgan fingerprint density at radius 3 is 3.00 bits per heavy atom. The first-order valence-corrected chi connectivity index (χ1v) is 9.26. The first kappa shape index (κ1) is 15.3. The maximum atomic E-state index is 12.8. The number of aromatic nitrogens is 5.